The quantitative estimate of drug-likeness (QED) is 0.756. The number of hydrogen-bond acceptors (Lipinski definition) is 4. The Hall–Kier alpha value is -2.93. The standard InChI is InChI=1S/C20H19N3O3S/c1-27(25,26)23-12-4-5-14-13-15(9-10-19(14)23)20(24)22-18-8-2-7-17-16(18)6-3-11-21-17/h2-3,6-11,13H,4-5,12H2,1H3,(H,22,24). The molecule has 1 aromatic heterocycles. The van der Waals surface area contributed by atoms with Crippen molar-refractivity contribution in [3.05, 3.63) is 65.9 Å². The van der Waals surface area contributed by atoms with Crippen molar-refractivity contribution < 1.29 is 13.2 Å². The molecule has 1 N–H and O–H groups in total. The maximum absolute atomic E-state index is 12.8. The van der Waals surface area contributed by atoms with Crippen LogP contribution in [0.1, 0.15) is 22.3 Å². The van der Waals surface area contributed by atoms with Crippen molar-refractivity contribution in [1.82, 2.24) is 4.98 Å². The Kier molecular flexibility index (Phi) is 4.31. The van der Waals surface area contributed by atoms with Crippen LogP contribution in [0.25, 0.3) is 10.9 Å². The zero-order valence-corrected chi connectivity index (χ0v) is 15.7. The highest BCUT2D eigenvalue weighted by Crippen LogP contribution is 2.30. The summed E-state index contributed by atoms with van der Waals surface area (Å²) in [5.41, 5.74) is 3.55. The maximum atomic E-state index is 12.8. The fraction of sp³-hybridized carbons (Fsp3) is 0.200. The number of aryl methyl sites for hydroxylation is 1. The number of fused-ring (bicyclic) bond motifs is 2. The van der Waals surface area contributed by atoms with E-state index in [1.807, 2.05) is 30.3 Å². The van der Waals surface area contributed by atoms with Gasteiger partial charge < -0.3 is 5.32 Å². The Morgan fingerprint density at radius 1 is 1.15 bits per heavy atom. The van der Waals surface area contributed by atoms with Crippen molar-refractivity contribution in [2.24, 2.45) is 0 Å². The van der Waals surface area contributed by atoms with E-state index in [2.05, 4.69) is 10.3 Å². The Bertz CT molecular complexity index is 1140. The number of carbonyl (C=O) groups is 1. The second kappa shape index (κ2) is 6.66. The molecule has 0 saturated heterocycles. The molecule has 2 aromatic carbocycles. The predicted octanol–water partition coefficient (Wildman–Crippen LogP) is 3.20. The van der Waals surface area contributed by atoms with Gasteiger partial charge in [-0.15, -0.1) is 0 Å². The van der Waals surface area contributed by atoms with Crippen LogP contribution >= 0.6 is 0 Å². The van der Waals surface area contributed by atoms with Crippen molar-refractivity contribution in [1.29, 1.82) is 0 Å². The molecule has 1 amide bonds. The van der Waals surface area contributed by atoms with Crippen LogP contribution in [0.5, 0.6) is 0 Å². The van der Waals surface area contributed by atoms with Gasteiger partial charge in [0.25, 0.3) is 5.91 Å². The molecular weight excluding hydrogens is 362 g/mol. The van der Waals surface area contributed by atoms with E-state index < -0.39 is 10.0 Å². The lowest BCUT2D eigenvalue weighted by Gasteiger charge is -2.29. The summed E-state index contributed by atoms with van der Waals surface area (Å²) in [5.74, 6) is -0.231. The smallest absolute Gasteiger partial charge is 0.255 e. The third-order valence-corrected chi connectivity index (χ3v) is 5.89. The molecule has 0 spiro atoms. The normalized spacial score (nSPS) is 14.0. The van der Waals surface area contributed by atoms with Crippen LogP contribution in [-0.2, 0) is 16.4 Å². The first-order chi connectivity index (χ1) is 12.9. The molecule has 138 valence electrons. The number of nitrogens with zero attached hydrogens (tertiary/aromatic N) is 2. The van der Waals surface area contributed by atoms with Gasteiger partial charge >= 0.3 is 0 Å². The number of hydrogen-bond donors (Lipinski definition) is 1. The van der Waals surface area contributed by atoms with Gasteiger partial charge in [-0.1, -0.05) is 6.07 Å². The first-order valence-corrected chi connectivity index (χ1v) is 10.5. The van der Waals surface area contributed by atoms with Gasteiger partial charge in [0.2, 0.25) is 10.0 Å². The minimum atomic E-state index is -3.32. The highest BCUT2D eigenvalue weighted by molar-refractivity contribution is 7.92. The minimum Gasteiger partial charge on any atom is -0.321 e. The average Bonchev–Trinajstić information content (AvgIpc) is 2.66. The van der Waals surface area contributed by atoms with E-state index in [4.69, 9.17) is 0 Å². The average molecular weight is 381 g/mol. The topological polar surface area (TPSA) is 79.4 Å². The van der Waals surface area contributed by atoms with Gasteiger partial charge in [-0.25, -0.2) is 8.42 Å². The molecule has 0 aliphatic carbocycles. The third kappa shape index (κ3) is 3.38. The molecular formula is C20H19N3O3S. The summed E-state index contributed by atoms with van der Waals surface area (Å²) < 4.78 is 25.4. The summed E-state index contributed by atoms with van der Waals surface area (Å²) in [4.78, 5) is 17.1. The van der Waals surface area contributed by atoms with Crippen LogP contribution in [0.3, 0.4) is 0 Å². The number of rotatable bonds is 3. The van der Waals surface area contributed by atoms with Crippen LogP contribution in [0.4, 0.5) is 11.4 Å². The molecule has 0 saturated carbocycles. The number of amides is 1. The van der Waals surface area contributed by atoms with E-state index in [0.717, 1.165) is 29.3 Å². The largest absolute Gasteiger partial charge is 0.321 e. The highest BCUT2D eigenvalue weighted by atomic mass is 32.2. The summed E-state index contributed by atoms with van der Waals surface area (Å²) >= 11 is 0. The number of aromatic nitrogens is 1. The third-order valence-electron chi connectivity index (χ3n) is 4.71. The molecule has 1 aliphatic heterocycles. The van der Waals surface area contributed by atoms with E-state index in [1.165, 1.54) is 10.6 Å². The molecule has 27 heavy (non-hydrogen) atoms. The predicted molar refractivity (Wildman–Crippen MR) is 107 cm³/mol. The van der Waals surface area contributed by atoms with Crippen molar-refractivity contribution in [3.63, 3.8) is 0 Å². The number of benzene rings is 2. The van der Waals surface area contributed by atoms with Crippen LogP contribution in [-0.4, -0.2) is 32.1 Å². The first-order valence-electron chi connectivity index (χ1n) is 8.69. The number of nitrogens with one attached hydrogen (secondary N) is 1. The molecule has 2 heterocycles. The second-order valence-electron chi connectivity index (χ2n) is 6.61. The van der Waals surface area contributed by atoms with Crippen LogP contribution in [0.15, 0.2) is 54.7 Å². The van der Waals surface area contributed by atoms with Gasteiger partial charge in [0, 0.05) is 23.7 Å². The van der Waals surface area contributed by atoms with Gasteiger partial charge in [0.05, 0.1) is 23.1 Å². The Balaban J connectivity index is 1.65. The summed E-state index contributed by atoms with van der Waals surface area (Å²) in [6, 6.07) is 14.5. The van der Waals surface area contributed by atoms with E-state index in [1.54, 1.807) is 24.4 Å². The molecule has 0 fully saturated rings. The molecule has 3 aromatic rings. The molecule has 7 heteroatoms. The van der Waals surface area contributed by atoms with E-state index in [0.29, 0.717) is 23.5 Å². The van der Waals surface area contributed by atoms with Gasteiger partial charge in [0.15, 0.2) is 0 Å². The molecule has 6 nitrogen and oxygen atoms in total. The number of carbonyl (C=O) groups excluding carboxylic acids is 1. The monoisotopic (exact) mass is 381 g/mol. The van der Waals surface area contributed by atoms with Crippen molar-refractivity contribution in [2.75, 3.05) is 22.4 Å². The number of anilines is 2. The lowest BCUT2D eigenvalue weighted by atomic mass is 10.0. The highest BCUT2D eigenvalue weighted by Gasteiger charge is 2.24. The zero-order chi connectivity index (χ0) is 19.0. The molecule has 4 rings (SSSR count). The SMILES string of the molecule is CS(=O)(=O)N1CCCc2cc(C(=O)Nc3cccc4ncccc34)ccc21. The molecule has 0 unspecified atom stereocenters. The number of sulfonamides is 1. The second-order valence-corrected chi connectivity index (χ2v) is 8.52. The minimum absolute atomic E-state index is 0.231. The van der Waals surface area contributed by atoms with E-state index >= 15 is 0 Å². The Morgan fingerprint density at radius 3 is 2.81 bits per heavy atom. The van der Waals surface area contributed by atoms with Crippen LogP contribution < -0.4 is 9.62 Å². The fourth-order valence-corrected chi connectivity index (χ4v) is 4.45. The van der Waals surface area contributed by atoms with Crippen molar-refractivity contribution >= 4 is 38.2 Å². The first kappa shape index (κ1) is 17.5. The zero-order valence-electron chi connectivity index (χ0n) is 14.8. The summed E-state index contributed by atoms with van der Waals surface area (Å²) in [6.45, 7) is 0.473. The Morgan fingerprint density at radius 2 is 2.00 bits per heavy atom. The summed E-state index contributed by atoms with van der Waals surface area (Å²) in [5, 5.41) is 3.81. The van der Waals surface area contributed by atoms with E-state index in [9.17, 15) is 13.2 Å². The van der Waals surface area contributed by atoms with Gasteiger partial charge in [0.1, 0.15) is 0 Å². The number of pyridine rings is 1. The summed E-state index contributed by atoms with van der Waals surface area (Å²) in [6.07, 6.45) is 4.41. The molecule has 0 radical (unpaired) electrons. The molecule has 0 bridgehead atoms. The molecule has 1 aliphatic rings. The summed E-state index contributed by atoms with van der Waals surface area (Å²) in [7, 11) is -3.32. The van der Waals surface area contributed by atoms with Crippen molar-refractivity contribution in [3.8, 4) is 0 Å². The lowest BCUT2D eigenvalue weighted by Crippen LogP contribution is -2.34. The van der Waals surface area contributed by atoms with Crippen LogP contribution in [0, 0.1) is 0 Å². The lowest BCUT2D eigenvalue weighted by molar-refractivity contribution is 0.102. The Labute approximate surface area is 157 Å². The fourth-order valence-electron chi connectivity index (χ4n) is 3.46. The van der Waals surface area contributed by atoms with E-state index in [-0.39, 0.29) is 5.91 Å². The molecule has 0 atom stereocenters. The van der Waals surface area contributed by atoms with Crippen molar-refractivity contribution in [2.45, 2.75) is 12.8 Å². The van der Waals surface area contributed by atoms with Gasteiger partial charge in [-0.05, 0) is 60.9 Å². The van der Waals surface area contributed by atoms with Crippen LogP contribution in [0.2, 0.25) is 0 Å². The van der Waals surface area contributed by atoms with Gasteiger partial charge in [-0.2, -0.15) is 0 Å². The maximum Gasteiger partial charge on any atom is 0.255 e. The van der Waals surface area contributed by atoms with Gasteiger partial charge in [-0.3, -0.25) is 14.1 Å².